The number of nitrogens with zero attached hydrogens (tertiary/aromatic N) is 1. The Hall–Kier alpha value is -1.00. The van der Waals surface area contributed by atoms with E-state index in [1.54, 1.807) is 0 Å². The van der Waals surface area contributed by atoms with Gasteiger partial charge in [-0.2, -0.15) is 0 Å². The third-order valence-electron chi connectivity index (χ3n) is 3.84. The van der Waals surface area contributed by atoms with Gasteiger partial charge in [-0.1, -0.05) is 6.42 Å². The first-order valence-corrected chi connectivity index (χ1v) is 6.45. The van der Waals surface area contributed by atoms with E-state index < -0.39 is 11.6 Å². The number of hydrogen-bond donors (Lipinski definition) is 1. The summed E-state index contributed by atoms with van der Waals surface area (Å²) in [5, 5.41) is 0. The summed E-state index contributed by atoms with van der Waals surface area (Å²) in [7, 11) is 2.00. The third-order valence-corrected chi connectivity index (χ3v) is 3.84. The lowest BCUT2D eigenvalue weighted by Crippen LogP contribution is -2.37. The van der Waals surface area contributed by atoms with Crippen molar-refractivity contribution in [1.29, 1.82) is 0 Å². The molecule has 4 heteroatoms. The van der Waals surface area contributed by atoms with Crippen LogP contribution in [0.2, 0.25) is 0 Å². The summed E-state index contributed by atoms with van der Waals surface area (Å²) >= 11 is 0. The summed E-state index contributed by atoms with van der Waals surface area (Å²) in [6, 6.07) is 4.13. The molecule has 2 unspecified atom stereocenters. The highest BCUT2D eigenvalue weighted by Crippen LogP contribution is 2.29. The van der Waals surface area contributed by atoms with E-state index in [9.17, 15) is 8.78 Å². The fourth-order valence-electron chi connectivity index (χ4n) is 2.98. The first kappa shape index (κ1) is 13.4. The highest BCUT2D eigenvalue weighted by molar-refractivity contribution is 5.17. The molecule has 2 N–H and O–H groups in total. The fourth-order valence-corrected chi connectivity index (χ4v) is 2.98. The molecule has 1 saturated carbocycles. The van der Waals surface area contributed by atoms with Crippen molar-refractivity contribution in [1.82, 2.24) is 4.90 Å². The van der Waals surface area contributed by atoms with Crippen molar-refractivity contribution in [2.24, 2.45) is 11.7 Å². The second-order valence-electron chi connectivity index (χ2n) is 5.19. The fraction of sp³-hybridized carbons (Fsp3) is 0.571. The molecule has 18 heavy (non-hydrogen) atoms. The first-order chi connectivity index (χ1) is 8.60. The van der Waals surface area contributed by atoms with Crippen molar-refractivity contribution in [3.63, 3.8) is 0 Å². The predicted molar refractivity (Wildman–Crippen MR) is 68.0 cm³/mol. The summed E-state index contributed by atoms with van der Waals surface area (Å²) in [6.07, 6.45) is 3.47. The Kier molecular flexibility index (Phi) is 4.30. The molecule has 1 aromatic rings. The van der Waals surface area contributed by atoms with E-state index in [1.165, 1.54) is 18.6 Å². The molecule has 0 spiro atoms. The Balaban J connectivity index is 2.04. The van der Waals surface area contributed by atoms with Crippen molar-refractivity contribution in [2.45, 2.75) is 31.8 Å². The van der Waals surface area contributed by atoms with Gasteiger partial charge in [0.1, 0.15) is 11.6 Å². The highest BCUT2D eigenvalue weighted by Gasteiger charge is 2.29. The topological polar surface area (TPSA) is 29.3 Å². The minimum Gasteiger partial charge on any atom is -0.330 e. The number of benzene rings is 1. The van der Waals surface area contributed by atoms with Crippen LogP contribution in [0.4, 0.5) is 8.78 Å². The molecule has 0 aromatic heterocycles. The maximum atomic E-state index is 13.1. The van der Waals surface area contributed by atoms with Crippen LogP contribution in [0.1, 0.15) is 24.8 Å². The minimum absolute atomic E-state index is 0.432. The van der Waals surface area contributed by atoms with Crippen LogP contribution in [0.3, 0.4) is 0 Å². The maximum Gasteiger partial charge on any atom is 0.126 e. The van der Waals surface area contributed by atoms with Crippen molar-refractivity contribution in [3.8, 4) is 0 Å². The average Bonchev–Trinajstić information content (AvgIpc) is 2.75. The number of hydrogen-bond acceptors (Lipinski definition) is 2. The molecule has 2 nitrogen and oxygen atoms in total. The van der Waals surface area contributed by atoms with Crippen molar-refractivity contribution in [2.75, 3.05) is 13.6 Å². The van der Waals surface area contributed by atoms with Gasteiger partial charge in [-0.05, 0) is 50.0 Å². The first-order valence-electron chi connectivity index (χ1n) is 6.45. The summed E-state index contributed by atoms with van der Waals surface area (Å²) < 4.78 is 26.2. The van der Waals surface area contributed by atoms with Crippen molar-refractivity contribution < 1.29 is 8.78 Å². The molecule has 1 aromatic carbocycles. The van der Waals surface area contributed by atoms with E-state index in [1.807, 2.05) is 7.05 Å². The molecular formula is C14H20F2N2. The van der Waals surface area contributed by atoms with Crippen molar-refractivity contribution in [3.05, 3.63) is 35.4 Å². The normalized spacial score (nSPS) is 23.8. The van der Waals surface area contributed by atoms with Crippen LogP contribution in [0.25, 0.3) is 0 Å². The molecule has 100 valence electrons. The molecule has 2 atom stereocenters. The second-order valence-corrected chi connectivity index (χ2v) is 5.19. The van der Waals surface area contributed by atoms with Gasteiger partial charge in [-0.3, -0.25) is 4.90 Å². The quantitative estimate of drug-likeness (QED) is 0.894. The zero-order chi connectivity index (χ0) is 13.1. The van der Waals surface area contributed by atoms with Gasteiger partial charge in [0.2, 0.25) is 0 Å². The Morgan fingerprint density at radius 2 is 1.89 bits per heavy atom. The summed E-state index contributed by atoms with van der Waals surface area (Å²) in [5.74, 6) is -0.520. The van der Waals surface area contributed by atoms with Crippen LogP contribution in [0, 0.1) is 17.6 Å². The van der Waals surface area contributed by atoms with E-state index in [0.717, 1.165) is 18.9 Å². The zero-order valence-electron chi connectivity index (χ0n) is 10.7. The molecule has 0 radical (unpaired) electrons. The SMILES string of the molecule is CN(Cc1cc(F)cc(F)c1)C1CCCC1CN. The van der Waals surface area contributed by atoms with Crippen LogP contribution in [-0.2, 0) is 6.54 Å². The lowest BCUT2D eigenvalue weighted by molar-refractivity contribution is 0.192. The largest absolute Gasteiger partial charge is 0.330 e. The molecule has 0 saturated heterocycles. The van der Waals surface area contributed by atoms with Gasteiger partial charge >= 0.3 is 0 Å². The molecule has 0 bridgehead atoms. The van der Waals surface area contributed by atoms with E-state index in [-0.39, 0.29) is 0 Å². The van der Waals surface area contributed by atoms with Crippen LogP contribution in [0.5, 0.6) is 0 Å². The number of nitrogens with two attached hydrogens (primary N) is 1. The smallest absolute Gasteiger partial charge is 0.126 e. The Morgan fingerprint density at radius 3 is 2.50 bits per heavy atom. The van der Waals surface area contributed by atoms with E-state index >= 15 is 0 Å². The van der Waals surface area contributed by atoms with Crippen molar-refractivity contribution >= 4 is 0 Å². The zero-order valence-corrected chi connectivity index (χ0v) is 10.7. The highest BCUT2D eigenvalue weighted by atomic mass is 19.1. The molecule has 1 aliphatic rings. The lowest BCUT2D eigenvalue weighted by atomic mass is 10.0. The summed E-state index contributed by atoms with van der Waals surface area (Å²) in [5.41, 5.74) is 6.44. The van der Waals surface area contributed by atoms with Gasteiger partial charge in [0, 0.05) is 18.7 Å². The third kappa shape index (κ3) is 3.06. The van der Waals surface area contributed by atoms with Crippen LogP contribution >= 0.6 is 0 Å². The second kappa shape index (κ2) is 5.76. The number of halogens is 2. The van der Waals surface area contributed by atoms with Crippen LogP contribution in [0.15, 0.2) is 18.2 Å². The molecule has 0 aliphatic heterocycles. The van der Waals surface area contributed by atoms with Gasteiger partial charge in [-0.25, -0.2) is 8.78 Å². The number of rotatable bonds is 4. The molecule has 1 fully saturated rings. The Morgan fingerprint density at radius 1 is 1.22 bits per heavy atom. The van der Waals surface area contributed by atoms with Gasteiger partial charge in [-0.15, -0.1) is 0 Å². The maximum absolute atomic E-state index is 13.1. The monoisotopic (exact) mass is 254 g/mol. The van der Waals surface area contributed by atoms with E-state index in [4.69, 9.17) is 5.73 Å². The van der Waals surface area contributed by atoms with Gasteiger partial charge in [0.25, 0.3) is 0 Å². The van der Waals surface area contributed by atoms with Crippen LogP contribution in [-0.4, -0.2) is 24.5 Å². The Bertz CT molecular complexity index is 389. The molecule has 0 heterocycles. The standard InChI is InChI=1S/C14H20F2N2/c1-18(14-4-2-3-11(14)8-17)9-10-5-12(15)7-13(16)6-10/h5-7,11,14H,2-4,8-9,17H2,1H3. The molecule has 0 amide bonds. The van der Waals surface area contributed by atoms with E-state index in [2.05, 4.69) is 4.90 Å². The Labute approximate surface area is 107 Å². The predicted octanol–water partition coefficient (Wildman–Crippen LogP) is 2.52. The lowest BCUT2D eigenvalue weighted by Gasteiger charge is -2.29. The summed E-state index contributed by atoms with van der Waals surface area (Å²) in [6.45, 7) is 1.25. The van der Waals surface area contributed by atoms with E-state index in [0.29, 0.717) is 30.6 Å². The van der Waals surface area contributed by atoms with Gasteiger partial charge in [0.15, 0.2) is 0 Å². The molecular weight excluding hydrogens is 234 g/mol. The van der Waals surface area contributed by atoms with Gasteiger partial charge < -0.3 is 5.73 Å². The van der Waals surface area contributed by atoms with Gasteiger partial charge in [0.05, 0.1) is 0 Å². The molecule has 2 rings (SSSR count). The average molecular weight is 254 g/mol. The minimum atomic E-state index is -0.514. The summed E-state index contributed by atoms with van der Waals surface area (Å²) in [4.78, 5) is 2.17. The van der Waals surface area contributed by atoms with Crippen LogP contribution < -0.4 is 5.73 Å². The molecule has 1 aliphatic carbocycles.